The van der Waals surface area contributed by atoms with Crippen LogP contribution in [0.25, 0.3) is 10.8 Å². The van der Waals surface area contributed by atoms with E-state index in [0.29, 0.717) is 16.9 Å². The monoisotopic (exact) mass is 768 g/mol. The van der Waals surface area contributed by atoms with Crippen molar-refractivity contribution in [3.63, 3.8) is 0 Å². The average molecular weight is 769 g/mol. The van der Waals surface area contributed by atoms with E-state index >= 15 is 0 Å². The molecule has 0 spiro atoms. The van der Waals surface area contributed by atoms with Crippen LogP contribution in [0.3, 0.4) is 0 Å². The molecule has 26 heteroatoms. The summed E-state index contributed by atoms with van der Waals surface area (Å²) < 4.78 is 80.5. The number of nitrogens with zero attached hydrogens (tertiary/aromatic N) is 5. The largest absolute Gasteiger partial charge is 0.506 e. The fourth-order valence-electron chi connectivity index (χ4n) is 3.38. The quantitative estimate of drug-likeness (QED) is 0.0184. The van der Waals surface area contributed by atoms with Crippen molar-refractivity contribution >= 4 is 102 Å². The first-order chi connectivity index (χ1) is 22.2. The maximum Gasteiger partial charge on any atom is 0.433 e. The molecule has 1 heterocycles. The standard InChI is InChI=1S/C21H13ClN6O14S5/c22-19-24-20(26-21(25-19)44-32)23-13-8-11(46(33,34)35)5-9-6-15(45-41-40-31)17(18(30)16(9)13)28-27-12-2-1-10(7-14(12)29)43-4-3-39-42-47(36,37)38/h1-2,5-8,29-32H,(H,33,34,35)(H,36,37,38)(H,23,24,25,26). The summed E-state index contributed by atoms with van der Waals surface area (Å²) >= 11 is 7.05. The molecule has 0 aliphatic rings. The van der Waals surface area contributed by atoms with Gasteiger partial charge in [0.15, 0.2) is 11.9 Å². The Morgan fingerprint density at radius 1 is 1.00 bits per heavy atom. The molecule has 0 saturated carbocycles. The van der Waals surface area contributed by atoms with Crippen molar-refractivity contribution in [3.05, 3.63) is 41.7 Å². The highest BCUT2D eigenvalue weighted by Gasteiger charge is 2.22. The number of azo groups is 1. The number of thioether (sulfide) groups is 1. The van der Waals surface area contributed by atoms with Crippen molar-refractivity contribution in [2.24, 2.45) is 10.2 Å². The molecule has 4 aromatic rings. The van der Waals surface area contributed by atoms with Crippen LogP contribution in [-0.4, -0.2) is 60.9 Å². The highest BCUT2D eigenvalue weighted by molar-refractivity contribution is 8.04. The zero-order valence-corrected chi connectivity index (χ0v) is 26.9. The highest BCUT2D eigenvalue weighted by atomic mass is 35.5. The Hall–Kier alpha value is -3.75. The van der Waals surface area contributed by atoms with Gasteiger partial charge in [-0.2, -0.15) is 31.8 Å². The van der Waals surface area contributed by atoms with Crippen molar-refractivity contribution in [1.82, 2.24) is 15.0 Å². The van der Waals surface area contributed by atoms with E-state index in [1.54, 1.807) is 0 Å². The minimum Gasteiger partial charge on any atom is -0.506 e. The number of halogens is 1. The number of hydrogen-bond donors (Lipinski definition) is 7. The van der Waals surface area contributed by atoms with Gasteiger partial charge in [0.2, 0.25) is 16.4 Å². The molecule has 4 rings (SSSR count). The predicted octanol–water partition coefficient (Wildman–Crippen LogP) is 5.25. The van der Waals surface area contributed by atoms with E-state index in [4.69, 9.17) is 21.4 Å². The van der Waals surface area contributed by atoms with E-state index in [-0.39, 0.29) is 61.2 Å². The lowest BCUT2D eigenvalue weighted by atomic mass is 10.1. The van der Waals surface area contributed by atoms with Crippen LogP contribution in [0.2, 0.25) is 5.28 Å². The predicted molar refractivity (Wildman–Crippen MR) is 162 cm³/mol. The first-order valence-corrected chi connectivity index (χ1v) is 16.9. The Morgan fingerprint density at radius 2 is 1.77 bits per heavy atom. The Bertz CT molecular complexity index is 2150. The normalized spacial score (nSPS) is 11.9. The molecule has 0 aliphatic carbocycles. The molecule has 0 fully saturated rings. The van der Waals surface area contributed by atoms with Gasteiger partial charge in [-0.15, -0.1) is 14.6 Å². The van der Waals surface area contributed by atoms with Crippen LogP contribution < -0.4 is 5.32 Å². The van der Waals surface area contributed by atoms with E-state index < -0.39 is 36.9 Å². The lowest BCUT2D eigenvalue weighted by Gasteiger charge is -2.15. The van der Waals surface area contributed by atoms with Crippen LogP contribution in [-0.2, 0) is 39.1 Å². The summed E-state index contributed by atoms with van der Waals surface area (Å²) in [6.07, 6.45) is 1.83. The van der Waals surface area contributed by atoms with Crippen LogP contribution in [0.15, 0.2) is 66.5 Å². The van der Waals surface area contributed by atoms with Gasteiger partial charge >= 0.3 is 10.4 Å². The SMILES string of the molecule is O=S(=O)(O)OOC#CSc1ccc(N=Nc2c(SOOO)cc3cc(S(=O)(=O)O)cc(Nc4nc(Cl)nc(SO)n4)c3c2O)c(O)c1. The Labute approximate surface area is 280 Å². The molecule has 7 N–H and O–H groups in total. The van der Waals surface area contributed by atoms with Crippen molar-refractivity contribution in [2.75, 3.05) is 5.32 Å². The molecule has 20 nitrogen and oxygen atoms in total. The van der Waals surface area contributed by atoms with E-state index in [0.717, 1.165) is 23.9 Å². The summed E-state index contributed by atoms with van der Waals surface area (Å²) in [5.74, 6) is -1.42. The Morgan fingerprint density at radius 3 is 2.43 bits per heavy atom. The van der Waals surface area contributed by atoms with E-state index in [9.17, 15) is 36.2 Å². The Balaban J connectivity index is 1.78. The smallest absolute Gasteiger partial charge is 0.433 e. The highest BCUT2D eigenvalue weighted by Crippen LogP contribution is 2.48. The van der Waals surface area contributed by atoms with Crippen LogP contribution in [0, 0.1) is 11.4 Å². The van der Waals surface area contributed by atoms with Gasteiger partial charge in [0.1, 0.15) is 17.1 Å². The van der Waals surface area contributed by atoms with Crippen molar-refractivity contribution in [2.45, 2.75) is 19.8 Å². The zero-order chi connectivity index (χ0) is 34.4. The Kier molecular flexibility index (Phi) is 11.9. The van der Waals surface area contributed by atoms with Crippen LogP contribution in [0.1, 0.15) is 0 Å². The molecule has 0 bridgehead atoms. The molecular weight excluding hydrogens is 756 g/mol. The van der Waals surface area contributed by atoms with Crippen LogP contribution >= 0.6 is 47.4 Å². The second kappa shape index (κ2) is 15.4. The maximum atomic E-state index is 12.1. The number of rotatable bonds is 12. The third kappa shape index (κ3) is 9.88. The number of phenols is 2. The molecule has 0 atom stereocenters. The molecule has 0 aliphatic heterocycles. The van der Waals surface area contributed by atoms with Crippen molar-refractivity contribution in [1.29, 1.82) is 0 Å². The van der Waals surface area contributed by atoms with Gasteiger partial charge in [-0.3, -0.25) is 14.0 Å². The number of hydrogen-bond acceptors (Lipinski definition) is 21. The van der Waals surface area contributed by atoms with Crippen molar-refractivity contribution in [3.8, 4) is 22.9 Å². The fourth-order valence-corrected chi connectivity index (χ4v) is 5.50. The molecular formula is C21H13ClN6O14S5. The van der Waals surface area contributed by atoms with Gasteiger partial charge in [-0.25, -0.2) is 5.26 Å². The summed E-state index contributed by atoms with van der Waals surface area (Å²) in [5, 5.41) is 46.1. The molecule has 0 unspecified atom stereocenters. The summed E-state index contributed by atoms with van der Waals surface area (Å²) in [6, 6.07) is 7.01. The number of phenolic OH excluding ortho intramolecular Hbond substituents is 2. The maximum absolute atomic E-state index is 12.1. The summed E-state index contributed by atoms with van der Waals surface area (Å²) in [6.45, 7) is 0. The van der Waals surface area contributed by atoms with Gasteiger partial charge in [0.05, 0.1) is 39.6 Å². The number of aromatic nitrogens is 3. The second-order valence-corrected chi connectivity index (χ2v) is 12.9. The van der Waals surface area contributed by atoms with E-state index in [1.807, 2.05) is 6.11 Å². The van der Waals surface area contributed by atoms with Gasteiger partial charge < -0.3 is 20.1 Å². The first-order valence-electron chi connectivity index (χ1n) is 11.4. The third-order valence-electron chi connectivity index (χ3n) is 5.07. The minimum atomic E-state index is -4.87. The molecule has 47 heavy (non-hydrogen) atoms. The van der Waals surface area contributed by atoms with Gasteiger partial charge in [0.25, 0.3) is 10.1 Å². The molecule has 248 valence electrons. The van der Waals surface area contributed by atoms with Gasteiger partial charge in [-0.1, -0.05) is 5.04 Å². The molecule has 0 radical (unpaired) electrons. The number of anilines is 2. The summed E-state index contributed by atoms with van der Waals surface area (Å²) in [7, 11) is -9.69. The van der Waals surface area contributed by atoms with Crippen molar-refractivity contribution < 1.29 is 64.6 Å². The fraction of sp³-hybridized carbons (Fsp3) is 0. The zero-order valence-electron chi connectivity index (χ0n) is 22.1. The number of aromatic hydroxyl groups is 2. The minimum absolute atomic E-state index is 0.0451. The third-order valence-corrected chi connectivity index (χ3v) is 7.95. The average Bonchev–Trinajstić information content (AvgIpc) is 2.98. The summed E-state index contributed by atoms with van der Waals surface area (Å²) in [4.78, 5) is 14.9. The van der Waals surface area contributed by atoms with Crippen LogP contribution in [0.4, 0.5) is 23.0 Å². The van der Waals surface area contributed by atoms with Crippen LogP contribution in [0.5, 0.6) is 11.5 Å². The van der Waals surface area contributed by atoms with E-state index in [2.05, 4.69) is 54.3 Å². The number of nitrogens with one attached hydrogen (secondary N) is 1. The molecule has 1 aromatic heterocycles. The first kappa shape index (κ1) is 36.1. The molecule has 3 aromatic carbocycles. The summed E-state index contributed by atoms with van der Waals surface area (Å²) in [5.41, 5.74) is -0.716. The van der Waals surface area contributed by atoms with E-state index in [1.165, 1.54) is 24.3 Å². The molecule has 0 amide bonds. The lowest BCUT2D eigenvalue weighted by molar-refractivity contribution is -0.432. The lowest BCUT2D eigenvalue weighted by Crippen LogP contribution is -2.04. The molecule has 0 saturated heterocycles. The second-order valence-electron chi connectivity index (χ2n) is 8.00. The van der Waals surface area contributed by atoms with Gasteiger partial charge in [-0.05, 0) is 69.5 Å². The number of benzene rings is 3. The van der Waals surface area contributed by atoms with Gasteiger partial charge in [0, 0.05) is 15.5 Å². The number of fused-ring (bicyclic) bond motifs is 1. The topological polar surface area (TPSA) is 302 Å².